The molecule has 0 radical (unpaired) electrons. The molecule has 0 aliphatic heterocycles. The minimum absolute atomic E-state index is 0.887. The predicted octanol–water partition coefficient (Wildman–Crippen LogP) is 2.08. The molecule has 0 bridgehead atoms. The van der Waals surface area contributed by atoms with Crippen LogP contribution >= 0.6 is 11.5 Å². The van der Waals surface area contributed by atoms with Gasteiger partial charge in [0.1, 0.15) is 6.33 Å². The number of rotatable bonds is 6. The van der Waals surface area contributed by atoms with Crippen molar-refractivity contribution >= 4 is 16.7 Å². The van der Waals surface area contributed by atoms with Gasteiger partial charge in [0.15, 0.2) is 0 Å². The average molecular weight is 248 g/mol. The molecule has 0 saturated heterocycles. The van der Waals surface area contributed by atoms with Gasteiger partial charge in [-0.05, 0) is 12.6 Å². The number of hydrogen-bond acceptors (Lipinski definition) is 5. The van der Waals surface area contributed by atoms with Crippen LogP contribution in [0.4, 0.5) is 5.13 Å². The van der Waals surface area contributed by atoms with Crippen LogP contribution in [0.25, 0.3) is 0 Å². The lowest BCUT2D eigenvalue weighted by Crippen LogP contribution is -2.24. The van der Waals surface area contributed by atoms with Crippen LogP contribution in [0, 0.1) is 0 Å². The van der Waals surface area contributed by atoms with Crippen molar-refractivity contribution < 1.29 is 0 Å². The Hall–Kier alpha value is -1.46. The minimum Gasteiger partial charge on any atom is -0.359 e. The quantitative estimate of drug-likeness (QED) is 0.850. The molecule has 4 nitrogen and oxygen atoms in total. The van der Waals surface area contributed by atoms with E-state index in [2.05, 4.69) is 50.9 Å². The van der Waals surface area contributed by atoms with Crippen LogP contribution in [0.1, 0.15) is 5.56 Å². The molecule has 1 aromatic carbocycles. The van der Waals surface area contributed by atoms with E-state index in [1.54, 1.807) is 6.33 Å². The second-order valence-corrected chi connectivity index (χ2v) is 4.68. The number of nitrogens with one attached hydrogen (secondary N) is 1. The highest BCUT2D eigenvalue weighted by molar-refractivity contribution is 7.09. The van der Waals surface area contributed by atoms with E-state index in [0.29, 0.717) is 0 Å². The van der Waals surface area contributed by atoms with Crippen LogP contribution in [0.3, 0.4) is 0 Å². The lowest BCUT2D eigenvalue weighted by molar-refractivity contribution is 0.340. The summed E-state index contributed by atoms with van der Waals surface area (Å²) in [7, 11) is 2.12. The second-order valence-electron chi connectivity index (χ2n) is 3.90. The fraction of sp³-hybridized carbons (Fsp3) is 0.333. The van der Waals surface area contributed by atoms with E-state index in [1.807, 2.05) is 6.07 Å². The third-order valence-corrected chi connectivity index (χ3v) is 3.05. The molecule has 0 aliphatic carbocycles. The van der Waals surface area contributed by atoms with Crippen LogP contribution in [0.2, 0.25) is 0 Å². The summed E-state index contributed by atoms with van der Waals surface area (Å²) in [5.74, 6) is 0. The molecule has 1 N–H and O–H groups in total. The Bertz CT molecular complexity index is 415. The first-order valence-corrected chi connectivity index (χ1v) is 6.35. The van der Waals surface area contributed by atoms with E-state index >= 15 is 0 Å². The Balaban J connectivity index is 1.69. The van der Waals surface area contributed by atoms with Gasteiger partial charge >= 0.3 is 0 Å². The summed E-state index contributed by atoms with van der Waals surface area (Å²) < 4.78 is 3.94. The first-order chi connectivity index (χ1) is 8.34. The summed E-state index contributed by atoms with van der Waals surface area (Å²) >= 11 is 1.39. The van der Waals surface area contributed by atoms with Crippen molar-refractivity contribution in [3.8, 4) is 0 Å². The van der Waals surface area contributed by atoms with Gasteiger partial charge in [-0.2, -0.15) is 4.37 Å². The van der Waals surface area contributed by atoms with Crippen molar-refractivity contribution in [3.63, 3.8) is 0 Å². The van der Waals surface area contributed by atoms with E-state index in [1.165, 1.54) is 17.1 Å². The number of benzene rings is 1. The summed E-state index contributed by atoms with van der Waals surface area (Å²) in [6.45, 7) is 2.84. The third kappa shape index (κ3) is 4.13. The topological polar surface area (TPSA) is 41.0 Å². The van der Waals surface area contributed by atoms with Gasteiger partial charge in [0, 0.05) is 31.2 Å². The minimum atomic E-state index is 0.887. The van der Waals surface area contributed by atoms with Gasteiger partial charge in [-0.1, -0.05) is 30.3 Å². The van der Waals surface area contributed by atoms with Gasteiger partial charge in [0.25, 0.3) is 0 Å². The zero-order valence-electron chi connectivity index (χ0n) is 9.84. The molecule has 0 aliphatic rings. The fourth-order valence-electron chi connectivity index (χ4n) is 1.58. The molecule has 2 aromatic rings. The Morgan fingerprint density at radius 2 is 2.12 bits per heavy atom. The molecular weight excluding hydrogens is 232 g/mol. The fourth-order valence-corrected chi connectivity index (χ4v) is 2.03. The van der Waals surface area contributed by atoms with Crippen LogP contribution < -0.4 is 5.32 Å². The molecule has 1 heterocycles. The van der Waals surface area contributed by atoms with E-state index in [4.69, 9.17) is 0 Å². The number of likely N-dealkylation sites (N-methyl/N-ethyl adjacent to an activating group) is 1. The van der Waals surface area contributed by atoms with Crippen molar-refractivity contribution in [1.29, 1.82) is 0 Å². The van der Waals surface area contributed by atoms with Crippen LogP contribution in [-0.4, -0.2) is 34.4 Å². The average Bonchev–Trinajstić information content (AvgIpc) is 2.83. The zero-order valence-corrected chi connectivity index (χ0v) is 10.7. The van der Waals surface area contributed by atoms with Gasteiger partial charge in [-0.25, -0.2) is 4.98 Å². The molecule has 2 rings (SSSR count). The number of anilines is 1. The maximum absolute atomic E-state index is 4.07. The molecule has 0 atom stereocenters. The van der Waals surface area contributed by atoms with Crippen molar-refractivity contribution in [1.82, 2.24) is 14.3 Å². The highest BCUT2D eigenvalue weighted by Crippen LogP contribution is 2.06. The summed E-state index contributed by atoms with van der Waals surface area (Å²) in [4.78, 5) is 6.36. The predicted molar refractivity (Wildman–Crippen MR) is 71.2 cm³/mol. The van der Waals surface area contributed by atoms with E-state index in [-0.39, 0.29) is 0 Å². The Morgan fingerprint density at radius 1 is 1.29 bits per heavy atom. The summed E-state index contributed by atoms with van der Waals surface area (Å²) in [6.07, 6.45) is 1.57. The molecule has 0 unspecified atom stereocenters. The highest BCUT2D eigenvalue weighted by Gasteiger charge is 2.00. The molecule has 0 fully saturated rings. The molecule has 0 spiro atoms. The van der Waals surface area contributed by atoms with Gasteiger partial charge in [-0.3, -0.25) is 0 Å². The largest absolute Gasteiger partial charge is 0.359 e. The normalized spacial score (nSPS) is 10.7. The monoisotopic (exact) mass is 248 g/mol. The number of nitrogens with zero attached hydrogens (tertiary/aromatic N) is 3. The van der Waals surface area contributed by atoms with Crippen LogP contribution in [-0.2, 0) is 6.54 Å². The molecule has 5 heteroatoms. The number of hydrogen-bond donors (Lipinski definition) is 1. The second kappa shape index (κ2) is 6.32. The first kappa shape index (κ1) is 12.0. The SMILES string of the molecule is CN(CCNc1ncns1)Cc1ccccc1. The zero-order chi connectivity index (χ0) is 11.9. The maximum atomic E-state index is 4.07. The van der Waals surface area contributed by atoms with Gasteiger partial charge in [0.2, 0.25) is 5.13 Å². The first-order valence-electron chi connectivity index (χ1n) is 5.57. The van der Waals surface area contributed by atoms with Crippen LogP contribution in [0.15, 0.2) is 36.7 Å². The molecule has 0 amide bonds. The summed E-state index contributed by atoms with van der Waals surface area (Å²) in [6, 6.07) is 10.5. The van der Waals surface area contributed by atoms with Crippen LogP contribution in [0.5, 0.6) is 0 Å². The van der Waals surface area contributed by atoms with Gasteiger partial charge in [0.05, 0.1) is 0 Å². The lowest BCUT2D eigenvalue weighted by atomic mass is 10.2. The van der Waals surface area contributed by atoms with E-state index in [0.717, 1.165) is 24.8 Å². The molecule has 90 valence electrons. The molecule has 0 saturated carbocycles. The van der Waals surface area contributed by atoms with Gasteiger partial charge < -0.3 is 10.2 Å². The van der Waals surface area contributed by atoms with Crippen molar-refractivity contribution in [2.75, 3.05) is 25.5 Å². The molecule has 17 heavy (non-hydrogen) atoms. The Labute approximate surface area is 105 Å². The number of aromatic nitrogens is 2. The Kier molecular flexibility index (Phi) is 4.46. The lowest BCUT2D eigenvalue weighted by Gasteiger charge is -2.16. The van der Waals surface area contributed by atoms with Crippen molar-refractivity contribution in [2.24, 2.45) is 0 Å². The van der Waals surface area contributed by atoms with Crippen molar-refractivity contribution in [3.05, 3.63) is 42.2 Å². The standard InChI is InChI=1S/C12H16N4S/c1-16(9-11-5-3-2-4-6-11)8-7-13-12-14-10-15-17-12/h2-6,10H,7-9H2,1H3,(H,13,14,15). The summed E-state index contributed by atoms with van der Waals surface area (Å²) in [5, 5.41) is 4.13. The Morgan fingerprint density at radius 3 is 2.82 bits per heavy atom. The van der Waals surface area contributed by atoms with E-state index < -0.39 is 0 Å². The molecular formula is C12H16N4S. The molecule has 1 aromatic heterocycles. The van der Waals surface area contributed by atoms with Gasteiger partial charge in [-0.15, -0.1) is 0 Å². The van der Waals surface area contributed by atoms with Crippen molar-refractivity contribution in [2.45, 2.75) is 6.54 Å². The summed E-state index contributed by atoms with van der Waals surface area (Å²) in [5.41, 5.74) is 1.34. The highest BCUT2D eigenvalue weighted by atomic mass is 32.1. The smallest absolute Gasteiger partial charge is 0.202 e. The maximum Gasteiger partial charge on any atom is 0.202 e. The van der Waals surface area contributed by atoms with E-state index in [9.17, 15) is 0 Å². The third-order valence-electron chi connectivity index (χ3n) is 2.43.